The van der Waals surface area contributed by atoms with Gasteiger partial charge in [0.15, 0.2) is 0 Å². The number of nitrogens with one attached hydrogen (secondary N) is 1. The molecule has 1 unspecified atom stereocenters. The van der Waals surface area contributed by atoms with Crippen LogP contribution >= 0.6 is 0 Å². The number of amides is 1. The molecule has 0 aliphatic rings. The summed E-state index contributed by atoms with van der Waals surface area (Å²) in [6.07, 6.45) is 0.558. The molecule has 0 spiro atoms. The van der Waals surface area contributed by atoms with Crippen LogP contribution in [-0.4, -0.2) is 29.6 Å². The van der Waals surface area contributed by atoms with E-state index in [2.05, 4.69) is 5.32 Å². The van der Waals surface area contributed by atoms with E-state index < -0.39 is 17.4 Å². The van der Waals surface area contributed by atoms with Gasteiger partial charge in [0, 0.05) is 5.92 Å². The van der Waals surface area contributed by atoms with Gasteiger partial charge in [-0.15, -0.1) is 0 Å². The molecule has 0 fully saturated rings. The maximum absolute atomic E-state index is 11.7. The topological polar surface area (TPSA) is 92.4 Å². The smallest absolute Gasteiger partial charge is 0.326 e. The first-order valence-electron chi connectivity index (χ1n) is 5.43. The molecule has 0 heterocycles. The third-order valence-corrected chi connectivity index (χ3v) is 2.45. The molecule has 0 aromatic carbocycles. The average molecular weight is 230 g/mol. The Morgan fingerprint density at radius 3 is 2.19 bits per heavy atom. The summed E-state index contributed by atoms with van der Waals surface area (Å²) in [5.74, 6) is -1.53. The van der Waals surface area contributed by atoms with Crippen LogP contribution in [0, 0.1) is 11.3 Å². The lowest BCUT2D eigenvalue weighted by molar-refractivity contribution is -0.145. The molecule has 16 heavy (non-hydrogen) atoms. The predicted octanol–water partition coefficient (Wildman–Crippen LogP) is 0.587. The van der Waals surface area contributed by atoms with Crippen molar-refractivity contribution in [3.63, 3.8) is 0 Å². The number of carboxylic acids is 1. The summed E-state index contributed by atoms with van der Waals surface area (Å²) in [6, 6.07) is -0.875. The van der Waals surface area contributed by atoms with Gasteiger partial charge in [0.1, 0.15) is 6.04 Å². The number of hydrogen-bond acceptors (Lipinski definition) is 3. The first-order chi connectivity index (χ1) is 7.20. The van der Waals surface area contributed by atoms with Gasteiger partial charge in [-0.3, -0.25) is 4.79 Å². The van der Waals surface area contributed by atoms with E-state index in [-0.39, 0.29) is 11.8 Å². The lowest BCUT2D eigenvalue weighted by Crippen LogP contribution is -2.50. The largest absolute Gasteiger partial charge is 0.480 e. The fraction of sp³-hybridized carbons (Fsp3) is 0.818. The molecule has 5 nitrogen and oxygen atoms in total. The Bertz CT molecular complexity index is 258. The summed E-state index contributed by atoms with van der Waals surface area (Å²) in [6.45, 7) is 7.49. The summed E-state index contributed by atoms with van der Waals surface area (Å²) in [5.41, 5.74) is 4.84. The molecule has 94 valence electrons. The molecule has 0 aromatic heterocycles. The first kappa shape index (κ1) is 14.9. The molecule has 5 heteroatoms. The van der Waals surface area contributed by atoms with Crippen LogP contribution in [0.3, 0.4) is 0 Å². The molecule has 0 aliphatic heterocycles. The maximum Gasteiger partial charge on any atom is 0.326 e. The van der Waals surface area contributed by atoms with Crippen LogP contribution < -0.4 is 11.1 Å². The Hall–Kier alpha value is -1.10. The lowest BCUT2D eigenvalue weighted by Gasteiger charge is -2.28. The minimum Gasteiger partial charge on any atom is -0.480 e. The van der Waals surface area contributed by atoms with E-state index in [1.54, 1.807) is 27.7 Å². The Labute approximate surface area is 96.4 Å². The number of hydrogen-bond donors (Lipinski definition) is 3. The van der Waals surface area contributed by atoms with Gasteiger partial charge in [-0.2, -0.15) is 0 Å². The van der Waals surface area contributed by atoms with Crippen molar-refractivity contribution < 1.29 is 14.7 Å². The third kappa shape index (κ3) is 4.61. The zero-order valence-electron chi connectivity index (χ0n) is 10.4. The Morgan fingerprint density at radius 1 is 1.38 bits per heavy atom. The summed E-state index contributed by atoms with van der Waals surface area (Å²) in [5, 5.41) is 11.6. The van der Waals surface area contributed by atoms with E-state index in [1.807, 2.05) is 0 Å². The van der Waals surface area contributed by atoms with Crippen molar-refractivity contribution in [2.75, 3.05) is 6.54 Å². The van der Waals surface area contributed by atoms with Gasteiger partial charge < -0.3 is 16.2 Å². The molecule has 0 saturated carbocycles. The SMILES string of the molecule is CC(CCN)C(=O)N[C@@H](C(=O)O)C(C)(C)C. The fourth-order valence-corrected chi connectivity index (χ4v) is 1.31. The maximum atomic E-state index is 11.7. The van der Waals surface area contributed by atoms with E-state index in [4.69, 9.17) is 10.8 Å². The summed E-state index contributed by atoms with van der Waals surface area (Å²) in [4.78, 5) is 22.7. The quantitative estimate of drug-likeness (QED) is 0.644. The summed E-state index contributed by atoms with van der Waals surface area (Å²) < 4.78 is 0. The predicted molar refractivity (Wildman–Crippen MR) is 61.9 cm³/mol. The van der Waals surface area contributed by atoms with Gasteiger partial charge in [-0.1, -0.05) is 27.7 Å². The highest BCUT2D eigenvalue weighted by Crippen LogP contribution is 2.20. The summed E-state index contributed by atoms with van der Waals surface area (Å²) in [7, 11) is 0. The highest BCUT2D eigenvalue weighted by Gasteiger charge is 2.33. The van der Waals surface area contributed by atoms with E-state index in [9.17, 15) is 9.59 Å². The van der Waals surface area contributed by atoms with Gasteiger partial charge >= 0.3 is 5.97 Å². The average Bonchev–Trinajstić information content (AvgIpc) is 2.11. The molecule has 0 aliphatic carbocycles. The van der Waals surface area contributed by atoms with Crippen molar-refractivity contribution in [2.24, 2.45) is 17.1 Å². The Balaban J connectivity index is 4.54. The van der Waals surface area contributed by atoms with Gasteiger partial charge in [-0.05, 0) is 18.4 Å². The molecule has 0 rings (SSSR count). The van der Waals surface area contributed by atoms with E-state index in [0.29, 0.717) is 13.0 Å². The third-order valence-electron chi connectivity index (χ3n) is 2.45. The van der Waals surface area contributed by atoms with Crippen molar-refractivity contribution in [3.8, 4) is 0 Å². The minimum absolute atomic E-state index is 0.255. The van der Waals surface area contributed by atoms with Crippen molar-refractivity contribution in [2.45, 2.75) is 40.2 Å². The fourth-order valence-electron chi connectivity index (χ4n) is 1.31. The second-order valence-corrected chi connectivity index (χ2v) is 5.12. The zero-order chi connectivity index (χ0) is 12.9. The van der Waals surface area contributed by atoms with Crippen LogP contribution in [0.1, 0.15) is 34.1 Å². The van der Waals surface area contributed by atoms with Gasteiger partial charge in [-0.25, -0.2) is 4.79 Å². The number of carboxylic acid groups (broad SMARTS) is 1. The Morgan fingerprint density at radius 2 is 1.88 bits per heavy atom. The van der Waals surface area contributed by atoms with Crippen LogP contribution in [-0.2, 0) is 9.59 Å². The number of carbonyl (C=O) groups is 2. The molecule has 2 atom stereocenters. The molecule has 0 radical (unpaired) electrons. The monoisotopic (exact) mass is 230 g/mol. The summed E-state index contributed by atoms with van der Waals surface area (Å²) >= 11 is 0. The van der Waals surface area contributed by atoms with Crippen LogP contribution in [0.15, 0.2) is 0 Å². The van der Waals surface area contributed by atoms with Crippen LogP contribution in [0.4, 0.5) is 0 Å². The molecule has 0 bridgehead atoms. The molecular weight excluding hydrogens is 208 g/mol. The number of carbonyl (C=O) groups excluding carboxylic acids is 1. The number of aliphatic carboxylic acids is 1. The first-order valence-corrected chi connectivity index (χ1v) is 5.43. The second-order valence-electron chi connectivity index (χ2n) is 5.12. The minimum atomic E-state index is -1.01. The van der Waals surface area contributed by atoms with Gasteiger partial charge in [0.2, 0.25) is 5.91 Å². The van der Waals surface area contributed by atoms with Crippen LogP contribution in [0.25, 0.3) is 0 Å². The van der Waals surface area contributed by atoms with E-state index in [1.165, 1.54) is 0 Å². The molecule has 4 N–H and O–H groups in total. The number of rotatable bonds is 5. The van der Waals surface area contributed by atoms with Gasteiger partial charge in [0.05, 0.1) is 0 Å². The highest BCUT2D eigenvalue weighted by atomic mass is 16.4. The van der Waals surface area contributed by atoms with E-state index >= 15 is 0 Å². The van der Waals surface area contributed by atoms with Crippen molar-refractivity contribution in [1.29, 1.82) is 0 Å². The lowest BCUT2D eigenvalue weighted by atomic mass is 9.86. The number of nitrogens with two attached hydrogens (primary N) is 1. The zero-order valence-corrected chi connectivity index (χ0v) is 10.4. The molecule has 0 saturated heterocycles. The Kier molecular flexibility index (Phi) is 5.44. The normalized spacial score (nSPS) is 15.3. The van der Waals surface area contributed by atoms with Crippen molar-refractivity contribution in [1.82, 2.24) is 5.32 Å². The highest BCUT2D eigenvalue weighted by molar-refractivity contribution is 5.85. The van der Waals surface area contributed by atoms with Crippen LogP contribution in [0.2, 0.25) is 0 Å². The van der Waals surface area contributed by atoms with Gasteiger partial charge in [0.25, 0.3) is 0 Å². The van der Waals surface area contributed by atoms with E-state index in [0.717, 1.165) is 0 Å². The standard InChI is InChI=1S/C11H22N2O3/c1-7(5-6-12)9(14)13-8(10(15)16)11(2,3)4/h7-8H,5-6,12H2,1-4H3,(H,13,14)(H,15,16)/t7?,8-/m0/s1. The second kappa shape index (κ2) is 5.84. The van der Waals surface area contributed by atoms with Crippen molar-refractivity contribution in [3.05, 3.63) is 0 Å². The van der Waals surface area contributed by atoms with Crippen molar-refractivity contribution >= 4 is 11.9 Å². The molecule has 0 aromatic rings. The molecular formula is C11H22N2O3. The molecule has 1 amide bonds. The van der Waals surface area contributed by atoms with Crippen LogP contribution in [0.5, 0.6) is 0 Å².